The van der Waals surface area contributed by atoms with Crippen LogP contribution >= 0.6 is 0 Å². The van der Waals surface area contributed by atoms with Gasteiger partial charge in [0.05, 0.1) is 0 Å². The summed E-state index contributed by atoms with van der Waals surface area (Å²) >= 11 is 0. The Balaban J connectivity index is 1.88. The first-order chi connectivity index (χ1) is 6.25. The summed E-state index contributed by atoms with van der Waals surface area (Å²) in [7, 11) is 0. The average Bonchev–Trinajstić information content (AvgIpc) is 2.64. The minimum Gasteiger partial charge on any atom is -0.0980 e. The van der Waals surface area contributed by atoms with Crippen molar-refractivity contribution in [3.8, 4) is 11.8 Å². The molecule has 0 nitrogen and oxygen atoms in total. The molecule has 2 rings (SSSR count). The number of rotatable bonds is 1. The van der Waals surface area contributed by atoms with Crippen molar-refractivity contribution in [1.29, 1.82) is 0 Å². The fourth-order valence-corrected chi connectivity index (χ4v) is 2.46. The van der Waals surface area contributed by atoms with Gasteiger partial charge in [0, 0.05) is 6.42 Å². The molecule has 3 atom stereocenters. The van der Waals surface area contributed by atoms with Gasteiger partial charge >= 0.3 is 0 Å². The Morgan fingerprint density at radius 1 is 1.46 bits per heavy atom. The van der Waals surface area contributed by atoms with E-state index in [-0.39, 0.29) is 0 Å². The molecule has 0 heteroatoms. The lowest BCUT2D eigenvalue weighted by Crippen LogP contribution is -2.05. The van der Waals surface area contributed by atoms with Gasteiger partial charge in [0.2, 0.25) is 0 Å². The van der Waals surface area contributed by atoms with Crippen LogP contribution in [0.2, 0.25) is 0 Å². The molecular weight excluding hydrogens is 156 g/mol. The number of hydrogen-bond acceptors (Lipinski definition) is 0. The maximum atomic E-state index is 3.78. The predicted octanol–water partition coefficient (Wildman–Crippen LogP) is 3.17. The highest BCUT2D eigenvalue weighted by Crippen LogP contribution is 2.44. The molecule has 0 aliphatic heterocycles. The molecule has 0 aromatic carbocycles. The van der Waals surface area contributed by atoms with Crippen molar-refractivity contribution in [2.24, 2.45) is 17.8 Å². The summed E-state index contributed by atoms with van der Waals surface area (Å²) in [6.07, 6.45) is 8.60. The summed E-state index contributed by atoms with van der Waals surface area (Å²) in [6, 6.07) is 0. The molecule has 0 radical (unpaired) electrons. The highest BCUT2D eigenvalue weighted by atomic mass is 14.4. The number of allylic oxidation sites excluding steroid dienone is 3. The predicted molar refractivity (Wildman–Crippen MR) is 56.1 cm³/mol. The molecule has 13 heavy (non-hydrogen) atoms. The Morgan fingerprint density at radius 2 is 2.31 bits per heavy atom. The zero-order chi connectivity index (χ0) is 9.26. The molecule has 0 aromatic rings. The Hall–Kier alpha value is -0.960. The van der Waals surface area contributed by atoms with Crippen LogP contribution in [0.3, 0.4) is 0 Å². The van der Waals surface area contributed by atoms with Crippen molar-refractivity contribution in [3.63, 3.8) is 0 Å². The topological polar surface area (TPSA) is 0 Å². The maximum Gasteiger partial charge on any atom is 0.0126 e. The number of hydrogen-bond donors (Lipinski definition) is 0. The fourth-order valence-electron chi connectivity index (χ4n) is 2.46. The highest BCUT2D eigenvalue weighted by molar-refractivity contribution is 5.24. The van der Waals surface area contributed by atoms with E-state index in [0.717, 1.165) is 29.7 Å². The summed E-state index contributed by atoms with van der Waals surface area (Å²) in [5.74, 6) is 8.84. The van der Waals surface area contributed by atoms with Crippen LogP contribution in [-0.4, -0.2) is 0 Å². The van der Waals surface area contributed by atoms with Crippen molar-refractivity contribution in [1.82, 2.24) is 0 Å². The van der Waals surface area contributed by atoms with Gasteiger partial charge in [-0.25, -0.2) is 0 Å². The molecule has 0 heterocycles. The van der Waals surface area contributed by atoms with E-state index < -0.39 is 0 Å². The molecule has 2 bridgehead atoms. The minimum absolute atomic E-state index is 0.835. The monoisotopic (exact) mass is 172 g/mol. The van der Waals surface area contributed by atoms with Gasteiger partial charge in [0.25, 0.3) is 0 Å². The summed E-state index contributed by atoms with van der Waals surface area (Å²) < 4.78 is 0. The fraction of sp³-hybridized carbons (Fsp3) is 0.538. The van der Waals surface area contributed by atoms with Crippen molar-refractivity contribution in [2.75, 3.05) is 0 Å². The molecule has 0 amide bonds. The molecule has 0 N–H and O–H groups in total. The van der Waals surface area contributed by atoms with Gasteiger partial charge < -0.3 is 0 Å². The van der Waals surface area contributed by atoms with E-state index in [4.69, 9.17) is 0 Å². The first-order valence-corrected chi connectivity index (χ1v) is 5.08. The molecule has 1 fully saturated rings. The molecule has 2 aliphatic carbocycles. The van der Waals surface area contributed by atoms with Crippen molar-refractivity contribution in [3.05, 3.63) is 24.3 Å². The number of fused-ring (bicyclic) bond motifs is 2. The summed E-state index contributed by atoms with van der Waals surface area (Å²) in [6.45, 7) is 5.75. The molecule has 0 spiro atoms. The molecule has 3 unspecified atom stereocenters. The SMILES string of the molecule is C=C(C)C#CCC1CC2C=CC1C2. The molecule has 68 valence electrons. The van der Waals surface area contributed by atoms with E-state index >= 15 is 0 Å². The van der Waals surface area contributed by atoms with Crippen molar-refractivity contribution < 1.29 is 0 Å². The average molecular weight is 172 g/mol. The van der Waals surface area contributed by atoms with Gasteiger partial charge in [-0.2, -0.15) is 0 Å². The maximum absolute atomic E-state index is 3.78. The Labute approximate surface area is 80.7 Å². The van der Waals surface area contributed by atoms with Crippen LogP contribution in [0, 0.1) is 29.6 Å². The van der Waals surface area contributed by atoms with E-state index in [1.807, 2.05) is 6.92 Å². The van der Waals surface area contributed by atoms with E-state index in [2.05, 4.69) is 30.6 Å². The lowest BCUT2D eigenvalue weighted by molar-refractivity contribution is 0.460. The minimum atomic E-state index is 0.835. The first-order valence-electron chi connectivity index (χ1n) is 5.08. The van der Waals surface area contributed by atoms with Gasteiger partial charge in [-0.15, -0.1) is 0 Å². The van der Waals surface area contributed by atoms with Gasteiger partial charge in [0.15, 0.2) is 0 Å². The van der Waals surface area contributed by atoms with E-state index in [1.54, 1.807) is 0 Å². The van der Waals surface area contributed by atoms with Crippen LogP contribution in [0.1, 0.15) is 26.2 Å². The molecule has 2 aliphatic rings. The smallest absolute Gasteiger partial charge is 0.0126 e. The zero-order valence-electron chi connectivity index (χ0n) is 8.22. The second-order valence-electron chi connectivity index (χ2n) is 4.33. The molecule has 0 saturated heterocycles. The Kier molecular flexibility index (Phi) is 2.27. The third-order valence-electron chi connectivity index (χ3n) is 3.08. The summed E-state index contributed by atoms with van der Waals surface area (Å²) in [5, 5.41) is 0. The van der Waals surface area contributed by atoms with Crippen LogP contribution in [-0.2, 0) is 0 Å². The Morgan fingerprint density at radius 3 is 2.85 bits per heavy atom. The van der Waals surface area contributed by atoms with E-state index in [0.29, 0.717) is 0 Å². The lowest BCUT2D eigenvalue weighted by Gasteiger charge is -2.14. The third kappa shape index (κ3) is 1.86. The van der Waals surface area contributed by atoms with Gasteiger partial charge in [0.1, 0.15) is 0 Å². The van der Waals surface area contributed by atoms with E-state index in [9.17, 15) is 0 Å². The third-order valence-corrected chi connectivity index (χ3v) is 3.08. The summed E-state index contributed by atoms with van der Waals surface area (Å²) in [5.41, 5.74) is 0.985. The normalized spacial score (nSPS) is 34.4. The first kappa shape index (κ1) is 8.63. The van der Waals surface area contributed by atoms with Gasteiger partial charge in [-0.05, 0) is 43.1 Å². The standard InChI is InChI=1S/C13H16/c1-10(2)4-3-5-12-8-11-6-7-13(12)9-11/h6-7,11-13H,1,5,8-9H2,2H3. The second kappa shape index (κ2) is 3.42. The quantitative estimate of drug-likeness (QED) is 0.421. The van der Waals surface area contributed by atoms with Crippen LogP contribution in [0.15, 0.2) is 24.3 Å². The molecule has 0 aromatic heterocycles. The van der Waals surface area contributed by atoms with Crippen LogP contribution in [0.4, 0.5) is 0 Å². The van der Waals surface area contributed by atoms with Gasteiger partial charge in [-0.1, -0.05) is 30.6 Å². The summed E-state index contributed by atoms with van der Waals surface area (Å²) in [4.78, 5) is 0. The van der Waals surface area contributed by atoms with Crippen molar-refractivity contribution >= 4 is 0 Å². The van der Waals surface area contributed by atoms with Crippen LogP contribution in [0.25, 0.3) is 0 Å². The molecule has 1 saturated carbocycles. The molecular formula is C13H16. The van der Waals surface area contributed by atoms with Crippen LogP contribution in [0.5, 0.6) is 0 Å². The zero-order valence-corrected chi connectivity index (χ0v) is 8.22. The second-order valence-corrected chi connectivity index (χ2v) is 4.33. The Bertz CT molecular complexity index is 298. The highest BCUT2D eigenvalue weighted by Gasteiger charge is 2.34. The van der Waals surface area contributed by atoms with Crippen LogP contribution < -0.4 is 0 Å². The van der Waals surface area contributed by atoms with E-state index in [1.165, 1.54) is 12.8 Å². The van der Waals surface area contributed by atoms with Crippen molar-refractivity contribution in [2.45, 2.75) is 26.2 Å². The lowest BCUT2D eigenvalue weighted by atomic mass is 9.91. The van der Waals surface area contributed by atoms with Gasteiger partial charge in [-0.3, -0.25) is 0 Å². The largest absolute Gasteiger partial charge is 0.0980 e.